The predicted molar refractivity (Wildman–Crippen MR) is 92.1 cm³/mol. The largest absolute Gasteiger partial charge is 0.481 e. The minimum Gasteiger partial charge on any atom is -0.481 e. The van der Waals surface area contributed by atoms with Crippen molar-refractivity contribution in [1.29, 1.82) is 0 Å². The minimum absolute atomic E-state index is 0.0834. The average Bonchev–Trinajstić information content (AvgIpc) is 2.97. The van der Waals surface area contributed by atoms with E-state index in [0.717, 1.165) is 30.7 Å². The standard InChI is InChI=1S/C17H25N3O3S/c1-20(10-15-19-13-4-2-3-5-14(13)24-15)17(23)18-12-8-6-11(7-9-12)16(21)22/h11-12H,2-10H2,1H3,(H,18,23)(H,21,22). The fourth-order valence-electron chi connectivity index (χ4n) is 3.52. The number of urea groups is 1. The summed E-state index contributed by atoms with van der Waals surface area (Å²) in [4.78, 5) is 31.1. The molecule has 0 atom stereocenters. The highest BCUT2D eigenvalue weighted by Gasteiger charge is 2.27. The lowest BCUT2D eigenvalue weighted by Crippen LogP contribution is -2.44. The Morgan fingerprint density at radius 3 is 2.62 bits per heavy atom. The summed E-state index contributed by atoms with van der Waals surface area (Å²) in [5.74, 6) is -0.970. The first-order chi connectivity index (χ1) is 11.5. The van der Waals surface area contributed by atoms with Crippen LogP contribution in [0.2, 0.25) is 0 Å². The molecule has 1 fully saturated rings. The zero-order chi connectivity index (χ0) is 17.1. The van der Waals surface area contributed by atoms with Crippen LogP contribution < -0.4 is 5.32 Å². The third kappa shape index (κ3) is 4.06. The molecule has 1 heterocycles. The van der Waals surface area contributed by atoms with Crippen molar-refractivity contribution < 1.29 is 14.7 Å². The molecule has 132 valence electrons. The van der Waals surface area contributed by atoms with Gasteiger partial charge in [-0.25, -0.2) is 9.78 Å². The Morgan fingerprint density at radius 1 is 1.25 bits per heavy atom. The molecule has 7 heteroatoms. The number of carboxylic acid groups (broad SMARTS) is 1. The maximum atomic E-state index is 12.3. The van der Waals surface area contributed by atoms with Gasteiger partial charge in [-0.3, -0.25) is 4.79 Å². The number of hydrogen-bond donors (Lipinski definition) is 2. The molecule has 2 N–H and O–H groups in total. The van der Waals surface area contributed by atoms with Crippen LogP contribution in [0.3, 0.4) is 0 Å². The van der Waals surface area contributed by atoms with Gasteiger partial charge in [0.25, 0.3) is 0 Å². The molecule has 0 spiro atoms. The second-order valence-electron chi connectivity index (χ2n) is 6.88. The smallest absolute Gasteiger partial charge is 0.317 e. The first kappa shape index (κ1) is 17.2. The van der Waals surface area contributed by atoms with Crippen LogP contribution in [0.15, 0.2) is 0 Å². The van der Waals surface area contributed by atoms with Crippen molar-refractivity contribution in [3.8, 4) is 0 Å². The molecule has 0 aromatic carbocycles. The Morgan fingerprint density at radius 2 is 1.96 bits per heavy atom. The van der Waals surface area contributed by atoms with Crippen LogP contribution in [0.25, 0.3) is 0 Å². The maximum absolute atomic E-state index is 12.3. The molecule has 0 bridgehead atoms. The van der Waals surface area contributed by atoms with E-state index in [1.54, 1.807) is 23.3 Å². The highest BCUT2D eigenvalue weighted by Crippen LogP contribution is 2.27. The van der Waals surface area contributed by atoms with Crippen molar-refractivity contribution in [3.05, 3.63) is 15.6 Å². The SMILES string of the molecule is CN(Cc1nc2c(s1)CCCC2)C(=O)NC1CCC(C(=O)O)CC1. The highest BCUT2D eigenvalue weighted by molar-refractivity contribution is 7.11. The Balaban J connectivity index is 1.48. The predicted octanol–water partition coefficient (Wildman–Crippen LogP) is 2.81. The van der Waals surface area contributed by atoms with Crippen LogP contribution >= 0.6 is 11.3 Å². The summed E-state index contributed by atoms with van der Waals surface area (Å²) >= 11 is 1.73. The van der Waals surface area contributed by atoms with Crippen molar-refractivity contribution in [3.63, 3.8) is 0 Å². The lowest BCUT2D eigenvalue weighted by atomic mass is 9.86. The summed E-state index contributed by atoms with van der Waals surface area (Å²) in [6, 6.07) is -0.0120. The van der Waals surface area contributed by atoms with Gasteiger partial charge in [-0.05, 0) is 51.4 Å². The van der Waals surface area contributed by atoms with Gasteiger partial charge in [-0.2, -0.15) is 0 Å². The number of nitrogens with one attached hydrogen (secondary N) is 1. The second kappa shape index (κ2) is 7.51. The molecule has 1 aromatic heterocycles. The molecule has 2 aliphatic rings. The molecule has 0 unspecified atom stereocenters. The molecule has 0 radical (unpaired) electrons. The molecule has 6 nitrogen and oxygen atoms in total. The number of aromatic nitrogens is 1. The van der Waals surface area contributed by atoms with Gasteiger partial charge in [-0.1, -0.05) is 0 Å². The molecule has 2 aliphatic carbocycles. The number of nitrogens with zero attached hydrogens (tertiary/aromatic N) is 2. The van der Waals surface area contributed by atoms with Gasteiger partial charge < -0.3 is 15.3 Å². The average molecular weight is 351 g/mol. The molecular formula is C17H25N3O3S. The Bertz CT molecular complexity index is 585. The number of amides is 2. The summed E-state index contributed by atoms with van der Waals surface area (Å²) in [5.41, 5.74) is 1.22. The molecule has 24 heavy (non-hydrogen) atoms. The van der Waals surface area contributed by atoms with Crippen molar-refractivity contribution in [2.45, 2.75) is 64.0 Å². The molecule has 0 saturated heterocycles. The number of carboxylic acids is 1. The normalized spacial score (nSPS) is 23.4. The molecule has 0 aliphatic heterocycles. The zero-order valence-corrected chi connectivity index (χ0v) is 14.9. The third-order valence-electron chi connectivity index (χ3n) is 5.01. The second-order valence-corrected chi connectivity index (χ2v) is 8.05. The van der Waals surface area contributed by atoms with E-state index in [4.69, 9.17) is 5.11 Å². The molecule has 3 rings (SSSR count). The van der Waals surface area contributed by atoms with Gasteiger partial charge in [0.05, 0.1) is 18.2 Å². The lowest BCUT2D eigenvalue weighted by Gasteiger charge is -2.28. The van der Waals surface area contributed by atoms with Gasteiger partial charge in [0.2, 0.25) is 0 Å². The van der Waals surface area contributed by atoms with Crippen LogP contribution in [-0.2, 0) is 24.2 Å². The van der Waals surface area contributed by atoms with Crippen LogP contribution in [0, 0.1) is 5.92 Å². The quantitative estimate of drug-likeness (QED) is 0.874. The van der Waals surface area contributed by atoms with E-state index in [0.29, 0.717) is 19.4 Å². The van der Waals surface area contributed by atoms with Crippen molar-refractivity contribution in [2.75, 3.05) is 7.05 Å². The van der Waals surface area contributed by atoms with Crippen LogP contribution in [0.1, 0.15) is 54.1 Å². The van der Waals surface area contributed by atoms with E-state index in [9.17, 15) is 9.59 Å². The number of carbonyl (C=O) groups is 2. The van der Waals surface area contributed by atoms with Crippen LogP contribution in [-0.4, -0.2) is 40.1 Å². The number of thiazole rings is 1. The number of hydrogen-bond acceptors (Lipinski definition) is 4. The zero-order valence-electron chi connectivity index (χ0n) is 14.1. The van der Waals surface area contributed by atoms with E-state index < -0.39 is 5.97 Å². The lowest BCUT2D eigenvalue weighted by molar-refractivity contribution is -0.142. The van der Waals surface area contributed by atoms with E-state index in [-0.39, 0.29) is 18.0 Å². The fourth-order valence-corrected chi connectivity index (χ4v) is 4.73. The van der Waals surface area contributed by atoms with E-state index in [2.05, 4.69) is 10.3 Å². The van der Waals surface area contributed by atoms with Crippen LogP contribution in [0.5, 0.6) is 0 Å². The Hall–Kier alpha value is -1.63. The number of fused-ring (bicyclic) bond motifs is 1. The van der Waals surface area contributed by atoms with E-state index in [1.807, 2.05) is 0 Å². The Kier molecular flexibility index (Phi) is 5.38. The van der Waals surface area contributed by atoms with Gasteiger partial charge in [-0.15, -0.1) is 11.3 Å². The van der Waals surface area contributed by atoms with Gasteiger partial charge in [0.15, 0.2) is 0 Å². The van der Waals surface area contributed by atoms with Gasteiger partial charge in [0, 0.05) is 18.0 Å². The van der Waals surface area contributed by atoms with Gasteiger partial charge >= 0.3 is 12.0 Å². The monoisotopic (exact) mass is 351 g/mol. The number of rotatable bonds is 4. The van der Waals surface area contributed by atoms with Crippen molar-refractivity contribution in [2.24, 2.45) is 5.92 Å². The minimum atomic E-state index is -0.718. The molecule has 1 saturated carbocycles. The summed E-state index contributed by atoms with van der Waals surface area (Å²) in [6.07, 6.45) is 7.40. The number of aryl methyl sites for hydroxylation is 2. The number of aliphatic carboxylic acids is 1. The highest BCUT2D eigenvalue weighted by atomic mass is 32.1. The first-order valence-corrected chi connectivity index (χ1v) is 9.56. The fraction of sp³-hybridized carbons (Fsp3) is 0.706. The first-order valence-electron chi connectivity index (χ1n) is 8.75. The summed E-state index contributed by atoms with van der Waals surface area (Å²) in [6.45, 7) is 0.536. The van der Waals surface area contributed by atoms with E-state index >= 15 is 0 Å². The summed E-state index contributed by atoms with van der Waals surface area (Å²) in [7, 11) is 1.79. The third-order valence-corrected chi connectivity index (χ3v) is 6.16. The molecular weight excluding hydrogens is 326 g/mol. The molecule has 1 aromatic rings. The summed E-state index contributed by atoms with van der Waals surface area (Å²) < 4.78 is 0. The van der Waals surface area contributed by atoms with Crippen molar-refractivity contribution in [1.82, 2.24) is 15.2 Å². The van der Waals surface area contributed by atoms with E-state index in [1.165, 1.54) is 23.4 Å². The maximum Gasteiger partial charge on any atom is 0.317 e. The summed E-state index contributed by atoms with van der Waals surface area (Å²) in [5, 5.41) is 13.1. The van der Waals surface area contributed by atoms with Gasteiger partial charge in [0.1, 0.15) is 5.01 Å². The van der Waals surface area contributed by atoms with Crippen LogP contribution in [0.4, 0.5) is 4.79 Å². The Labute approximate surface area is 146 Å². The topological polar surface area (TPSA) is 82.5 Å². The molecule has 2 amide bonds. The number of carbonyl (C=O) groups excluding carboxylic acids is 1. The van der Waals surface area contributed by atoms with Crippen molar-refractivity contribution >= 4 is 23.3 Å².